The number of hydrogen-bond acceptors (Lipinski definition) is 3. The lowest BCUT2D eigenvalue weighted by Gasteiger charge is -2.12. The highest BCUT2D eigenvalue weighted by atomic mass is 19.1. The lowest BCUT2D eigenvalue weighted by Crippen LogP contribution is -2.26. The fourth-order valence-electron chi connectivity index (χ4n) is 2.10. The number of carboxylic acid groups (broad SMARTS) is 1. The molecule has 1 heterocycles. The van der Waals surface area contributed by atoms with Gasteiger partial charge in [-0.25, -0.2) is 9.18 Å². The van der Waals surface area contributed by atoms with E-state index in [1.807, 2.05) is 0 Å². The number of carboxylic acids is 1. The first-order valence-corrected chi connectivity index (χ1v) is 5.38. The Labute approximate surface area is 103 Å². The third-order valence-electron chi connectivity index (χ3n) is 2.90. The van der Waals surface area contributed by atoms with Gasteiger partial charge in [0, 0.05) is 13.1 Å². The standard InChI is InChI=1S/C12H12FNO4/c1-18-8-3-2-7-6-14(5-4-13)11(15)9(7)10(8)12(16)17/h2-3H,4-6H2,1H3,(H,16,17). The molecule has 5 nitrogen and oxygen atoms in total. The molecule has 0 saturated heterocycles. The van der Waals surface area contributed by atoms with Crippen LogP contribution in [0.5, 0.6) is 5.75 Å². The predicted molar refractivity (Wildman–Crippen MR) is 60.7 cm³/mol. The largest absolute Gasteiger partial charge is 0.496 e. The number of halogens is 1. The Kier molecular flexibility index (Phi) is 3.18. The summed E-state index contributed by atoms with van der Waals surface area (Å²) in [5.74, 6) is -1.55. The average molecular weight is 253 g/mol. The van der Waals surface area contributed by atoms with E-state index >= 15 is 0 Å². The first kappa shape index (κ1) is 12.3. The summed E-state index contributed by atoms with van der Waals surface area (Å²) in [5, 5.41) is 9.17. The molecule has 0 radical (unpaired) electrons. The van der Waals surface area contributed by atoms with E-state index in [-0.39, 0.29) is 30.0 Å². The number of aromatic carboxylic acids is 1. The molecule has 1 aromatic carbocycles. The lowest BCUT2D eigenvalue weighted by molar-refractivity contribution is 0.0678. The van der Waals surface area contributed by atoms with E-state index in [9.17, 15) is 19.1 Å². The van der Waals surface area contributed by atoms with Gasteiger partial charge in [-0.2, -0.15) is 0 Å². The number of nitrogens with zero attached hydrogens (tertiary/aromatic N) is 1. The zero-order valence-electron chi connectivity index (χ0n) is 9.77. The van der Waals surface area contributed by atoms with E-state index in [4.69, 9.17) is 4.74 Å². The molecule has 1 aromatic rings. The molecule has 0 spiro atoms. The number of alkyl halides is 1. The van der Waals surface area contributed by atoms with Crippen molar-refractivity contribution in [2.45, 2.75) is 6.54 Å². The summed E-state index contributed by atoms with van der Waals surface area (Å²) in [5.41, 5.74) is 0.545. The molecule has 1 aliphatic heterocycles. The molecule has 0 bridgehead atoms. The fraction of sp³-hybridized carbons (Fsp3) is 0.333. The van der Waals surface area contributed by atoms with Gasteiger partial charge in [0.1, 0.15) is 18.0 Å². The van der Waals surface area contributed by atoms with Crippen LogP contribution in [0, 0.1) is 0 Å². The zero-order valence-corrected chi connectivity index (χ0v) is 9.77. The summed E-state index contributed by atoms with van der Waals surface area (Å²) in [4.78, 5) is 24.5. The van der Waals surface area contributed by atoms with Gasteiger partial charge < -0.3 is 14.7 Å². The number of ether oxygens (including phenoxy) is 1. The number of hydrogen-bond donors (Lipinski definition) is 1. The Morgan fingerprint density at radius 1 is 1.56 bits per heavy atom. The number of methoxy groups -OCH3 is 1. The van der Waals surface area contributed by atoms with Crippen LogP contribution in [0.3, 0.4) is 0 Å². The van der Waals surface area contributed by atoms with Gasteiger partial charge in [0.25, 0.3) is 5.91 Å². The van der Waals surface area contributed by atoms with Gasteiger partial charge in [-0.15, -0.1) is 0 Å². The molecule has 0 fully saturated rings. The van der Waals surface area contributed by atoms with Crippen molar-refractivity contribution in [1.82, 2.24) is 4.90 Å². The monoisotopic (exact) mass is 253 g/mol. The number of benzene rings is 1. The molecular weight excluding hydrogens is 241 g/mol. The molecule has 1 N–H and O–H groups in total. The van der Waals surface area contributed by atoms with Crippen LogP contribution < -0.4 is 4.74 Å². The Morgan fingerprint density at radius 3 is 2.83 bits per heavy atom. The van der Waals surface area contributed by atoms with Crippen LogP contribution in [-0.2, 0) is 6.54 Å². The van der Waals surface area contributed by atoms with E-state index in [2.05, 4.69) is 0 Å². The normalized spacial score (nSPS) is 13.7. The van der Waals surface area contributed by atoms with Gasteiger partial charge in [0.05, 0.1) is 12.7 Å². The Balaban J connectivity index is 2.54. The second kappa shape index (κ2) is 4.64. The molecule has 0 aromatic heterocycles. The minimum absolute atomic E-state index is 0.0328. The number of carbonyl (C=O) groups excluding carboxylic acids is 1. The second-order valence-corrected chi connectivity index (χ2v) is 3.90. The molecule has 2 rings (SSSR count). The van der Waals surface area contributed by atoms with Gasteiger partial charge in [-0.05, 0) is 11.6 Å². The minimum atomic E-state index is -1.22. The van der Waals surface area contributed by atoms with Gasteiger partial charge >= 0.3 is 5.97 Å². The van der Waals surface area contributed by atoms with Gasteiger partial charge in [0.15, 0.2) is 0 Å². The van der Waals surface area contributed by atoms with E-state index in [0.29, 0.717) is 5.56 Å². The van der Waals surface area contributed by atoms with Crippen LogP contribution in [0.4, 0.5) is 4.39 Å². The highest BCUT2D eigenvalue weighted by Gasteiger charge is 2.33. The molecule has 6 heteroatoms. The van der Waals surface area contributed by atoms with Crippen molar-refractivity contribution in [1.29, 1.82) is 0 Å². The maximum atomic E-state index is 12.3. The molecule has 1 amide bonds. The topological polar surface area (TPSA) is 66.8 Å². The van der Waals surface area contributed by atoms with Gasteiger partial charge in [0.2, 0.25) is 0 Å². The first-order valence-electron chi connectivity index (χ1n) is 5.38. The van der Waals surface area contributed by atoms with Crippen molar-refractivity contribution in [2.24, 2.45) is 0 Å². The van der Waals surface area contributed by atoms with Crippen molar-refractivity contribution >= 4 is 11.9 Å². The fourth-order valence-corrected chi connectivity index (χ4v) is 2.10. The number of amides is 1. The summed E-state index contributed by atoms with van der Waals surface area (Å²) >= 11 is 0. The maximum absolute atomic E-state index is 12.3. The quantitative estimate of drug-likeness (QED) is 0.878. The summed E-state index contributed by atoms with van der Waals surface area (Å²) < 4.78 is 17.3. The molecule has 0 atom stereocenters. The number of fused-ring (bicyclic) bond motifs is 1. The third kappa shape index (κ3) is 1.79. The van der Waals surface area contributed by atoms with Crippen molar-refractivity contribution in [3.05, 3.63) is 28.8 Å². The van der Waals surface area contributed by atoms with Crippen LogP contribution in [0.25, 0.3) is 0 Å². The number of carbonyl (C=O) groups is 2. The van der Waals surface area contributed by atoms with E-state index in [0.717, 1.165) is 0 Å². The smallest absolute Gasteiger partial charge is 0.340 e. The molecule has 18 heavy (non-hydrogen) atoms. The zero-order chi connectivity index (χ0) is 13.3. The summed E-state index contributed by atoms with van der Waals surface area (Å²) in [6.07, 6.45) is 0. The molecule has 0 saturated carbocycles. The lowest BCUT2D eigenvalue weighted by atomic mass is 10.0. The Morgan fingerprint density at radius 2 is 2.28 bits per heavy atom. The van der Waals surface area contributed by atoms with E-state index in [1.54, 1.807) is 6.07 Å². The van der Waals surface area contributed by atoms with Crippen molar-refractivity contribution in [3.8, 4) is 5.75 Å². The molecule has 0 unspecified atom stereocenters. The Hall–Kier alpha value is -2.11. The summed E-state index contributed by atoms with van der Waals surface area (Å²) in [6.45, 7) is -0.448. The van der Waals surface area contributed by atoms with E-state index < -0.39 is 18.6 Å². The molecule has 1 aliphatic rings. The third-order valence-corrected chi connectivity index (χ3v) is 2.90. The molecule has 96 valence electrons. The minimum Gasteiger partial charge on any atom is -0.496 e. The van der Waals surface area contributed by atoms with Crippen LogP contribution >= 0.6 is 0 Å². The average Bonchev–Trinajstić information content (AvgIpc) is 2.66. The van der Waals surface area contributed by atoms with Gasteiger partial charge in [-0.1, -0.05) is 6.07 Å². The summed E-state index contributed by atoms with van der Waals surface area (Å²) in [7, 11) is 1.34. The second-order valence-electron chi connectivity index (χ2n) is 3.90. The van der Waals surface area contributed by atoms with Gasteiger partial charge in [-0.3, -0.25) is 4.79 Å². The van der Waals surface area contributed by atoms with Crippen molar-refractivity contribution < 1.29 is 23.8 Å². The van der Waals surface area contributed by atoms with Crippen LogP contribution in [0.2, 0.25) is 0 Å². The van der Waals surface area contributed by atoms with Crippen molar-refractivity contribution in [3.63, 3.8) is 0 Å². The van der Waals surface area contributed by atoms with Crippen LogP contribution in [0.1, 0.15) is 26.3 Å². The molecule has 0 aliphatic carbocycles. The summed E-state index contributed by atoms with van der Waals surface area (Å²) in [6, 6.07) is 3.14. The SMILES string of the molecule is COc1ccc2c(c1C(=O)O)C(=O)N(CCF)C2. The van der Waals surface area contributed by atoms with Crippen molar-refractivity contribution in [2.75, 3.05) is 20.3 Å². The molecular formula is C12H12FNO4. The van der Waals surface area contributed by atoms with Crippen LogP contribution in [0.15, 0.2) is 12.1 Å². The number of rotatable bonds is 4. The maximum Gasteiger partial charge on any atom is 0.340 e. The highest BCUT2D eigenvalue weighted by Crippen LogP contribution is 2.32. The first-order chi connectivity index (χ1) is 8.60. The van der Waals surface area contributed by atoms with E-state index in [1.165, 1.54) is 18.1 Å². The highest BCUT2D eigenvalue weighted by molar-refractivity contribution is 6.09. The Bertz CT molecular complexity index is 515. The van der Waals surface area contributed by atoms with Crippen LogP contribution in [-0.4, -0.2) is 42.2 Å². The predicted octanol–water partition coefficient (Wildman–Crippen LogP) is 1.32.